The third kappa shape index (κ3) is 1.69. The third-order valence-electron chi connectivity index (χ3n) is 2.79. The first kappa shape index (κ1) is 8.97. The number of hydrogen-bond acceptors (Lipinski definition) is 1. The second-order valence-electron chi connectivity index (χ2n) is 4.80. The minimum absolute atomic E-state index is 1.09. The molecule has 1 aliphatic rings. The summed E-state index contributed by atoms with van der Waals surface area (Å²) < 4.78 is 2.65. The van der Waals surface area contributed by atoms with Crippen LogP contribution in [-0.2, 0) is 13.1 Å². The predicted octanol–water partition coefficient (Wildman–Crippen LogP) is 2.84. The van der Waals surface area contributed by atoms with Crippen molar-refractivity contribution < 1.29 is 0 Å². The van der Waals surface area contributed by atoms with Gasteiger partial charge in [0.2, 0.25) is 0 Å². The summed E-state index contributed by atoms with van der Waals surface area (Å²) in [6, 6.07) is 8.81. The third-order valence-corrected chi connectivity index (χ3v) is 5.00. The Morgan fingerprint density at radius 3 is 1.85 bits per heavy atom. The molecule has 2 rings (SSSR count). The van der Waals surface area contributed by atoms with E-state index >= 15 is 0 Å². The summed E-state index contributed by atoms with van der Waals surface area (Å²) in [5, 5.41) is 0. The predicted molar refractivity (Wildman–Crippen MR) is 59.0 cm³/mol. The van der Waals surface area contributed by atoms with Gasteiger partial charge in [-0.1, -0.05) is 43.9 Å². The maximum Gasteiger partial charge on any atom is 0.119 e. The molecule has 1 aromatic carbocycles. The van der Waals surface area contributed by atoms with Crippen molar-refractivity contribution in [1.29, 1.82) is 0 Å². The Labute approximate surface area is 81.5 Å². The van der Waals surface area contributed by atoms with Gasteiger partial charge >= 0.3 is 0 Å². The highest BCUT2D eigenvalue weighted by Crippen LogP contribution is 2.26. The fourth-order valence-corrected chi connectivity index (χ4v) is 3.10. The second-order valence-corrected chi connectivity index (χ2v) is 9.77. The van der Waals surface area contributed by atoms with E-state index in [-0.39, 0.29) is 0 Å². The number of hydrogen-bond donors (Lipinski definition) is 0. The SMILES string of the molecule is C[Si](C)(C)N1Cc2ccccc2C1. The summed E-state index contributed by atoms with van der Waals surface area (Å²) in [5.74, 6) is 0. The Kier molecular flexibility index (Phi) is 2.04. The lowest BCUT2D eigenvalue weighted by Crippen LogP contribution is -2.41. The number of fused-ring (bicyclic) bond motifs is 1. The van der Waals surface area contributed by atoms with Crippen molar-refractivity contribution >= 4 is 8.24 Å². The zero-order chi connectivity index (χ0) is 9.47. The first-order valence-electron chi connectivity index (χ1n) is 4.89. The zero-order valence-corrected chi connectivity index (χ0v) is 9.67. The van der Waals surface area contributed by atoms with Crippen molar-refractivity contribution in [3.05, 3.63) is 35.4 Å². The Morgan fingerprint density at radius 2 is 1.46 bits per heavy atom. The summed E-state index contributed by atoms with van der Waals surface area (Å²) in [5.41, 5.74) is 3.06. The Balaban J connectivity index is 2.23. The van der Waals surface area contributed by atoms with E-state index < -0.39 is 8.24 Å². The summed E-state index contributed by atoms with van der Waals surface area (Å²) >= 11 is 0. The molecule has 1 heterocycles. The zero-order valence-electron chi connectivity index (χ0n) is 8.67. The van der Waals surface area contributed by atoms with Crippen molar-refractivity contribution in [3.8, 4) is 0 Å². The van der Waals surface area contributed by atoms with Gasteiger partial charge in [0.25, 0.3) is 0 Å². The number of nitrogens with zero attached hydrogens (tertiary/aromatic N) is 1. The molecule has 0 bridgehead atoms. The summed E-state index contributed by atoms with van der Waals surface area (Å²) in [6.07, 6.45) is 0. The first-order valence-corrected chi connectivity index (χ1v) is 8.34. The standard InChI is InChI=1S/C11H17NSi/c1-13(2,3)12-8-10-6-4-5-7-11(10)9-12/h4-7H,8-9H2,1-3H3. The second kappa shape index (κ2) is 2.96. The molecule has 2 heteroatoms. The molecule has 0 N–H and O–H groups in total. The van der Waals surface area contributed by atoms with E-state index in [1.165, 1.54) is 24.2 Å². The lowest BCUT2D eigenvalue weighted by Gasteiger charge is -2.29. The van der Waals surface area contributed by atoms with Crippen LogP contribution in [-0.4, -0.2) is 12.8 Å². The van der Waals surface area contributed by atoms with Crippen LogP contribution in [0.1, 0.15) is 11.1 Å². The van der Waals surface area contributed by atoms with Gasteiger partial charge in [-0.25, -0.2) is 0 Å². The van der Waals surface area contributed by atoms with Gasteiger partial charge in [-0.2, -0.15) is 0 Å². The average molecular weight is 191 g/mol. The van der Waals surface area contributed by atoms with E-state index in [4.69, 9.17) is 0 Å². The van der Waals surface area contributed by atoms with E-state index in [1.807, 2.05) is 0 Å². The fraction of sp³-hybridized carbons (Fsp3) is 0.455. The fourth-order valence-electron chi connectivity index (χ4n) is 1.81. The molecule has 0 radical (unpaired) electrons. The molecule has 0 aliphatic carbocycles. The van der Waals surface area contributed by atoms with Crippen LogP contribution >= 0.6 is 0 Å². The highest BCUT2D eigenvalue weighted by molar-refractivity contribution is 6.73. The molecule has 0 fully saturated rings. The van der Waals surface area contributed by atoms with Gasteiger partial charge in [0.1, 0.15) is 8.24 Å². The van der Waals surface area contributed by atoms with Crippen LogP contribution in [0.25, 0.3) is 0 Å². The van der Waals surface area contributed by atoms with Crippen LogP contribution < -0.4 is 0 Å². The summed E-state index contributed by atoms with van der Waals surface area (Å²) in [7, 11) is -1.09. The molecule has 70 valence electrons. The van der Waals surface area contributed by atoms with E-state index in [9.17, 15) is 0 Å². The number of rotatable bonds is 1. The van der Waals surface area contributed by atoms with Gasteiger partial charge in [0.05, 0.1) is 0 Å². The normalized spacial score (nSPS) is 17.5. The van der Waals surface area contributed by atoms with Crippen molar-refractivity contribution in [2.45, 2.75) is 32.7 Å². The topological polar surface area (TPSA) is 3.24 Å². The maximum absolute atomic E-state index is 2.65. The molecule has 0 spiro atoms. The highest BCUT2D eigenvalue weighted by atomic mass is 28.3. The maximum atomic E-state index is 2.65. The lowest BCUT2D eigenvalue weighted by molar-refractivity contribution is 0.452. The minimum atomic E-state index is -1.09. The Bertz CT molecular complexity index is 289. The smallest absolute Gasteiger partial charge is 0.119 e. The molecule has 0 unspecified atom stereocenters. The molecule has 0 amide bonds. The van der Waals surface area contributed by atoms with E-state index in [0.717, 1.165) is 0 Å². The molecule has 1 nitrogen and oxygen atoms in total. The number of benzene rings is 1. The van der Waals surface area contributed by atoms with Crippen molar-refractivity contribution in [2.75, 3.05) is 0 Å². The molecule has 13 heavy (non-hydrogen) atoms. The van der Waals surface area contributed by atoms with Gasteiger partial charge in [-0.15, -0.1) is 0 Å². The summed E-state index contributed by atoms with van der Waals surface area (Å²) in [4.78, 5) is 0. The van der Waals surface area contributed by atoms with Crippen molar-refractivity contribution in [1.82, 2.24) is 4.57 Å². The highest BCUT2D eigenvalue weighted by Gasteiger charge is 2.28. The van der Waals surface area contributed by atoms with Gasteiger partial charge < -0.3 is 4.57 Å². The Morgan fingerprint density at radius 1 is 1.00 bits per heavy atom. The van der Waals surface area contributed by atoms with Crippen LogP contribution in [0.4, 0.5) is 0 Å². The van der Waals surface area contributed by atoms with Gasteiger partial charge in [-0.3, -0.25) is 0 Å². The largest absolute Gasteiger partial charge is 0.316 e. The molecule has 0 saturated heterocycles. The first-order chi connectivity index (χ1) is 6.07. The van der Waals surface area contributed by atoms with Crippen molar-refractivity contribution in [2.24, 2.45) is 0 Å². The van der Waals surface area contributed by atoms with Crippen LogP contribution in [0, 0.1) is 0 Å². The van der Waals surface area contributed by atoms with Gasteiger partial charge in [-0.05, 0) is 11.1 Å². The van der Waals surface area contributed by atoms with Crippen LogP contribution in [0.3, 0.4) is 0 Å². The quantitative estimate of drug-likeness (QED) is 0.617. The lowest BCUT2D eigenvalue weighted by atomic mass is 10.1. The van der Waals surface area contributed by atoms with Crippen LogP contribution in [0.15, 0.2) is 24.3 Å². The molecule has 1 aliphatic heterocycles. The van der Waals surface area contributed by atoms with Gasteiger partial charge in [0.15, 0.2) is 0 Å². The monoisotopic (exact) mass is 191 g/mol. The molecule has 1 aromatic rings. The molecular formula is C11H17NSi. The molecule has 0 saturated carbocycles. The van der Waals surface area contributed by atoms with Crippen molar-refractivity contribution in [3.63, 3.8) is 0 Å². The van der Waals surface area contributed by atoms with Crippen LogP contribution in [0.5, 0.6) is 0 Å². The molecule has 0 aromatic heterocycles. The average Bonchev–Trinajstić information content (AvgIpc) is 2.45. The van der Waals surface area contributed by atoms with E-state index in [1.54, 1.807) is 0 Å². The van der Waals surface area contributed by atoms with E-state index in [2.05, 4.69) is 48.5 Å². The molecular weight excluding hydrogens is 174 g/mol. The summed E-state index contributed by atoms with van der Waals surface area (Å²) in [6.45, 7) is 9.59. The van der Waals surface area contributed by atoms with E-state index in [0.29, 0.717) is 0 Å². The van der Waals surface area contributed by atoms with Gasteiger partial charge in [0, 0.05) is 13.1 Å². The molecule has 0 atom stereocenters. The Hall–Kier alpha value is -0.603. The van der Waals surface area contributed by atoms with Crippen LogP contribution in [0.2, 0.25) is 19.6 Å². The minimum Gasteiger partial charge on any atom is -0.316 e.